The number of anilines is 2. The van der Waals surface area contributed by atoms with Gasteiger partial charge in [0.2, 0.25) is 6.10 Å². The van der Waals surface area contributed by atoms with E-state index in [1.807, 2.05) is 0 Å². The van der Waals surface area contributed by atoms with E-state index in [1.54, 1.807) is 0 Å². The van der Waals surface area contributed by atoms with Gasteiger partial charge in [0, 0.05) is 23.6 Å². The van der Waals surface area contributed by atoms with Crippen LogP contribution in [0.2, 0.25) is 0 Å². The van der Waals surface area contributed by atoms with Crippen LogP contribution >= 0.6 is 0 Å². The van der Waals surface area contributed by atoms with Gasteiger partial charge in [-0.1, -0.05) is 20.8 Å². The Hall–Kier alpha value is -3.75. The lowest BCUT2D eigenvalue weighted by Crippen LogP contribution is -2.44. The van der Waals surface area contributed by atoms with E-state index in [4.69, 9.17) is 9.47 Å². The maximum Gasteiger partial charge on any atom is 0.426 e. The summed E-state index contributed by atoms with van der Waals surface area (Å²) in [5.41, 5.74) is -1.61. The van der Waals surface area contributed by atoms with Crippen molar-refractivity contribution in [2.45, 2.75) is 56.9 Å². The van der Waals surface area contributed by atoms with Crippen LogP contribution in [0.3, 0.4) is 0 Å². The van der Waals surface area contributed by atoms with E-state index in [2.05, 4.69) is 14.8 Å². The highest BCUT2D eigenvalue weighted by atomic mass is 32.2. The first-order valence-electron chi connectivity index (χ1n) is 12.3. The number of hydrogen-bond acceptors (Lipinski definition) is 8. The number of sulfonamides is 1. The maximum atomic E-state index is 14.0. The third kappa shape index (κ3) is 7.51. The molecule has 1 N–H and O–H groups in total. The van der Waals surface area contributed by atoms with Crippen LogP contribution in [0.4, 0.5) is 33.7 Å². The van der Waals surface area contributed by atoms with Gasteiger partial charge in [0.05, 0.1) is 31.3 Å². The molecule has 0 saturated heterocycles. The van der Waals surface area contributed by atoms with Gasteiger partial charge in [0.1, 0.15) is 11.9 Å². The zero-order valence-electron chi connectivity index (χ0n) is 22.9. The molecule has 226 valence electrons. The van der Waals surface area contributed by atoms with Gasteiger partial charge >= 0.3 is 18.2 Å². The Morgan fingerprint density at radius 3 is 2.39 bits per heavy atom. The molecule has 2 aromatic rings. The molecule has 1 aliphatic rings. The number of ether oxygens (including phenoxy) is 4. The second-order valence-corrected chi connectivity index (χ2v) is 12.0. The first-order valence-corrected chi connectivity index (χ1v) is 13.7. The van der Waals surface area contributed by atoms with Crippen molar-refractivity contribution in [2.24, 2.45) is 5.41 Å². The number of benzene rings is 2. The van der Waals surface area contributed by atoms with E-state index in [0.29, 0.717) is 0 Å². The number of nitrogens with one attached hydrogen (secondary N) is 1. The van der Waals surface area contributed by atoms with Crippen molar-refractivity contribution in [3.8, 4) is 11.5 Å². The molecule has 15 heteroatoms. The summed E-state index contributed by atoms with van der Waals surface area (Å²) in [4.78, 5) is 23.8. The zero-order chi connectivity index (χ0) is 30.8. The summed E-state index contributed by atoms with van der Waals surface area (Å²) < 4.78 is 103. The fourth-order valence-corrected chi connectivity index (χ4v) is 5.58. The third-order valence-corrected chi connectivity index (χ3v) is 7.83. The lowest BCUT2D eigenvalue weighted by Gasteiger charge is -2.36. The SMILES string of the molecule is COC(=O)CC[C@H]1CN(S(=O)(=O)c2ccc(F)c(OC)c2)c2cc(NC(=O)O[C@@H](C(C)(C)C)C(F)(F)F)ccc2O1. The predicted octanol–water partition coefficient (Wildman–Crippen LogP) is 5.27. The molecule has 2 atom stereocenters. The molecule has 0 radical (unpaired) electrons. The highest BCUT2D eigenvalue weighted by molar-refractivity contribution is 7.92. The van der Waals surface area contributed by atoms with Crippen molar-refractivity contribution in [1.29, 1.82) is 0 Å². The molecule has 0 unspecified atom stereocenters. The molecule has 2 aromatic carbocycles. The molecule has 1 heterocycles. The van der Waals surface area contributed by atoms with Gasteiger partial charge in [-0.2, -0.15) is 13.2 Å². The van der Waals surface area contributed by atoms with Crippen LogP contribution in [-0.4, -0.2) is 59.6 Å². The quantitative estimate of drug-likeness (QED) is 0.319. The maximum absolute atomic E-state index is 14.0. The smallest absolute Gasteiger partial charge is 0.426 e. The highest BCUT2D eigenvalue weighted by Crippen LogP contribution is 2.41. The minimum absolute atomic E-state index is 0.0468. The minimum atomic E-state index is -4.83. The lowest BCUT2D eigenvalue weighted by molar-refractivity contribution is -0.229. The van der Waals surface area contributed by atoms with Crippen molar-refractivity contribution >= 4 is 33.5 Å². The first-order chi connectivity index (χ1) is 19.0. The number of carbonyl (C=O) groups excluding carboxylic acids is 2. The Kier molecular flexibility index (Phi) is 9.30. The van der Waals surface area contributed by atoms with E-state index in [0.717, 1.165) is 22.5 Å². The molecule has 41 heavy (non-hydrogen) atoms. The molecule has 0 fully saturated rings. The number of alkyl halides is 3. The molecule has 0 aliphatic carbocycles. The molecule has 0 spiro atoms. The van der Waals surface area contributed by atoms with Crippen LogP contribution < -0.4 is 19.1 Å². The molecule has 1 aliphatic heterocycles. The van der Waals surface area contributed by atoms with Gasteiger partial charge < -0.3 is 18.9 Å². The largest absolute Gasteiger partial charge is 0.494 e. The van der Waals surface area contributed by atoms with E-state index < -0.39 is 51.7 Å². The van der Waals surface area contributed by atoms with Crippen molar-refractivity contribution in [3.63, 3.8) is 0 Å². The third-order valence-electron chi connectivity index (χ3n) is 6.05. The summed E-state index contributed by atoms with van der Waals surface area (Å²) in [5, 5.41) is 2.19. The van der Waals surface area contributed by atoms with Gasteiger partial charge in [-0.25, -0.2) is 17.6 Å². The second-order valence-electron chi connectivity index (χ2n) is 10.2. The van der Waals surface area contributed by atoms with Gasteiger partial charge in [-0.15, -0.1) is 0 Å². The summed E-state index contributed by atoms with van der Waals surface area (Å²) in [6, 6.07) is 6.73. The number of methoxy groups -OCH3 is 2. The van der Waals surface area contributed by atoms with Crippen molar-refractivity contribution < 1.29 is 54.5 Å². The summed E-state index contributed by atoms with van der Waals surface area (Å²) in [7, 11) is -2.03. The molecule has 10 nitrogen and oxygen atoms in total. The molecular formula is C26H30F4N2O8S. The average molecular weight is 607 g/mol. The van der Waals surface area contributed by atoms with Crippen molar-refractivity contribution in [1.82, 2.24) is 0 Å². The highest BCUT2D eigenvalue weighted by Gasteiger charge is 2.50. The number of nitrogens with zero attached hydrogens (tertiary/aromatic N) is 1. The minimum Gasteiger partial charge on any atom is -0.494 e. The summed E-state index contributed by atoms with van der Waals surface area (Å²) in [6.45, 7) is 3.50. The average Bonchev–Trinajstić information content (AvgIpc) is 2.88. The molecule has 0 saturated carbocycles. The summed E-state index contributed by atoms with van der Waals surface area (Å²) >= 11 is 0. The molecule has 0 aromatic heterocycles. The first kappa shape index (κ1) is 31.8. The summed E-state index contributed by atoms with van der Waals surface area (Å²) in [6.07, 6.45) is -9.46. The van der Waals surface area contributed by atoms with Crippen LogP contribution in [0.5, 0.6) is 11.5 Å². The number of amides is 1. The van der Waals surface area contributed by atoms with Gasteiger partial charge in [0.25, 0.3) is 10.0 Å². The number of fused-ring (bicyclic) bond motifs is 1. The van der Waals surface area contributed by atoms with Gasteiger partial charge in [0.15, 0.2) is 11.6 Å². The normalized spacial score (nSPS) is 16.2. The van der Waals surface area contributed by atoms with E-state index in [-0.39, 0.29) is 47.2 Å². The Balaban J connectivity index is 1.98. The van der Waals surface area contributed by atoms with E-state index in [9.17, 15) is 35.6 Å². The Bertz CT molecular complexity index is 1380. The van der Waals surface area contributed by atoms with E-state index in [1.165, 1.54) is 53.2 Å². The second kappa shape index (κ2) is 12.0. The van der Waals surface area contributed by atoms with Gasteiger partial charge in [-0.3, -0.25) is 14.4 Å². The Morgan fingerprint density at radius 2 is 1.80 bits per heavy atom. The number of carbonyl (C=O) groups is 2. The number of rotatable bonds is 8. The number of halogens is 4. The van der Waals surface area contributed by atoms with Gasteiger partial charge in [-0.05, 0) is 36.8 Å². The van der Waals surface area contributed by atoms with Crippen LogP contribution in [0, 0.1) is 11.2 Å². The van der Waals surface area contributed by atoms with Crippen LogP contribution in [0.15, 0.2) is 41.3 Å². The van der Waals surface area contributed by atoms with Crippen molar-refractivity contribution in [2.75, 3.05) is 30.4 Å². The fraction of sp³-hybridized carbons (Fsp3) is 0.462. The van der Waals surface area contributed by atoms with Crippen LogP contribution in [0.25, 0.3) is 0 Å². The number of hydrogen-bond donors (Lipinski definition) is 1. The Labute approximate surface area is 234 Å². The monoisotopic (exact) mass is 606 g/mol. The predicted molar refractivity (Wildman–Crippen MR) is 139 cm³/mol. The molecule has 0 bridgehead atoms. The molecular weight excluding hydrogens is 576 g/mol. The van der Waals surface area contributed by atoms with Crippen LogP contribution in [0.1, 0.15) is 33.6 Å². The number of esters is 1. The zero-order valence-corrected chi connectivity index (χ0v) is 23.7. The molecule has 1 amide bonds. The van der Waals surface area contributed by atoms with E-state index >= 15 is 0 Å². The lowest BCUT2D eigenvalue weighted by atomic mass is 9.88. The standard InChI is InChI=1S/C26H30F4N2O8S/c1-25(2,3)23(26(28,29)30)40-24(34)31-15-6-10-20-19(12-15)32(14-16(39-20)7-11-22(33)38-5)41(35,36)17-8-9-18(27)21(13-17)37-4/h6,8-10,12-13,16,23H,7,11,14H2,1-5H3,(H,31,34)/t16-,23-/m0/s1. The van der Waals surface area contributed by atoms with Crippen molar-refractivity contribution in [3.05, 3.63) is 42.2 Å². The summed E-state index contributed by atoms with van der Waals surface area (Å²) in [5.74, 6) is -1.60. The van der Waals surface area contributed by atoms with Crippen LogP contribution in [-0.2, 0) is 24.3 Å². The topological polar surface area (TPSA) is 120 Å². The molecule has 3 rings (SSSR count). The fourth-order valence-electron chi connectivity index (χ4n) is 4.07. The Morgan fingerprint density at radius 1 is 1.12 bits per heavy atom.